The predicted octanol–water partition coefficient (Wildman–Crippen LogP) is 1.47. The van der Waals surface area contributed by atoms with Crippen LogP contribution in [0.2, 0.25) is 5.02 Å². The molecule has 0 aliphatic carbocycles. The molecular weight excluding hydrogens is 314 g/mol. The van der Waals surface area contributed by atoms with Crippen LogP contribution >= 0.6 is 11.6 Å². The van der Waals surface area contributed by atoms with E-state index in [0.717, 1.165) is 23.8 Å². The Labute approximate surface area is 142 Å². The Balaban J connectivity index is 1.85. The summed E-state index contributed by atoms with van der Waals surface area (Å²) in [4.78, 5) is 18.4. The summed E-state index contributed by atoms with van der Waals surface area (Å²) in [6, 6.07) is 7.79. The van der Waals surface area contributed by atoms with Gasteiger partial charge in [-0.05, 0) is 18.2 Å². The molecule has 1 aromatic rings. The number of halogens is 1. The van der Waals surface area contributed by atoms with Crippen LogP contribution < -0.4 is 4.90 Å². The van der Waals surface area contributed by atoms with Crippen LogP contribution in [-0.4, -0.2) is 73.2 Å². The lowest BCUT2D eigenvalue weighted by Crippen LogP contribution is -2.51. The molecule has 1 amide bonds. The highest BCUT2D eigenvalue weighted by Crippen LogP contribution is 2.20. The van der Waals surface area contributed by atoms with Crippen molar-refractivity contribution in [2.24, 2.45) is 0 Å². The normalized spacial score (nSPS) is 15.1. The quantitative estimate of drug-likeness (QED) is 0.765. The first-order valence-corrected chi connectivity index (χ1v) is 8.24. The molecule has 0 spiro atoms. The van der Waals surface area contributed by atoms with Gasteiger partial charge >= 0.3 is 0 Å². The van der Waals surface area contributed by atoms with Crippen LogP contribution in [0.1, 0.15) is 0 Å². The molecule has 2 rings (SSSR count). The SMILES string of the molecule is C=CCN(CCO)CC(=O)N1CCN(c2cccc(Cl)c2)CC1. The van der Waals surface area contributed by atoms with E-state index in [1.807, 2.05) is 34.1 Å². The van der Waals surface area contributed by atoms with E-state index in [1.165, 1.54) is 0 Å². The largest absolute Gasteiger partial charge is 0.395 e. The third-order valence-electron chi connectivity index (χ3n) is 3.97. The average Bonchev–Trinajstić information content (AvgIpc) is 2.55. The zero-order valence-electron chi connectivity index (χ0n) is 13.3. The topological polar surface area (TPSA) is 47.0 Å². The van der Waals surface area contributed by atoms with Gasteiger partial charge in [0.15, 0.2) is 0 Å². The number of nitrogens with zero attached hydrogens (tertiary/aromatic N) is 3. The second kappa shape index (κ2) is 8.91. The first kappa shape index (κ1) is 17.8. The highest BCUT2D eigenvalue weighted by molar-refractivity contribution is 6.30. The van der Waals surface area contributed by atoms with Gasteiger partial charge in [-0.15, -0.1) is 6.58 Å². The molecule has 0 atom stereocenters. The molecule has 0 bridgehead atoms. The van der Waals surface area contributed by atoms with Gasteiger partial charge in [-0.2, -0.15) is 0 Å². The lowest BCUT2D eigenvalue weighted by molar-refractivity contribution is -0.132. The zero-order chi connectivity index (χ0) is 16.7. The van der Waals surface area contributed by atoms with Crippen molar-refractivity contribution in [3.8, 4) is 0 Å². The highest BCUT2D eigenvalue weighted by atomic mass is 35.5. The van der Waals surface area contributed by atoms with Crippen LogP contribution in [-0.2, 0) is 4.79 Å². The van der Waals surface area contributed by atoms with Gasteiger partial charge in [0, 0.05) is 50.0 Å². The number of carbonyl (C=O) groups is 1. The van der Waals surface area contributed by atoms with E-state index >= 15 is 0 Å². The van der Waals surface area contributed by atoms with Crippen molar-refractivity contribution in [1.29, 1.82) is 0 Å². The van der Waals surface area contributed by atoms with Crippen molar-refractivity contribution in [2.45, 2.75) is 0 Å². The Morgan fingerprint density at radius 2 is 2.09 bits per heavy atom. The number of amides is 1. The van der Waals surface area contributed by atoms with Gasteiger partial charge in [-0.1, -0.05) is 23.7 Å². The molecule has 6 heteroatoms. The van der Waals surface area contributed by atoms with Gasteiger partial charge < -0.3 is 14.9 Å². The predicted molar refractivity (Wildman–Crippen MR) is 94.0 cm³/mol. The first-order valence-electron chi connectivity index (χ1n) is 7.86. The average molecular weight is 338 g/mol. The highest BCUT2D eigenvalue weighted by Gasteiger charge is 2.22. The van der Waals surface area contributed by atoms with Crippen LogP contribution in [0.15, 0.2) is 36.9 Å². The van der Waals surface area contributed by atoms with E-state index in [-0.39, 0.29) is 12.5 Å². The molecule has 1 saturated heterocycles. The van der Waals surface area contributed by atoms with Gasteiger partial charge in [0.2, 0.25) is 5.91 Å². The van der Waals surface area contributed by atoms with E-state index < -0.39 is 0 Å². The molecule has 1 heterocycles. The fourth-order valence-corrected chi connectivity index (χ4v) is 2.92. The first-order chi connectivity index (χ1) is 11.1. The van der Waals surface area contributed by atoms with Crippen LogP contribution in [0.4, 0.5) is 5.69 Å². The standard InChI is InChI=1S/C17H24ClN3O2/c1-2-6-19(11-12-22)14-17(23)21-9-7-20(8-10-21)16-5-3-4-15(18)13-16/h2-5,13,22H,1,6-12,14H2. The van der Waals surface area contributed by atoms with Gasteiger partial charge in [0.25, 0.3) is 0 Å². The number of aliphatic hydroxyl groups is 1. The molecule has 0 aromatic heterocycles. The molecule has 0 unspecified atom stereocenters. The number of carbonyl (C=O) groups excluding carboxylic acids is 1. The van der Waals surface area contributed by atoms with Crippen molar-refractivity contribution in [1.82, 2.24) is 9.80 Å². The molecule has 1 fully saturated rings. The Morgan fingerprint density at radius 3 is 2.70 bits per heavy atom. The smallest absolute Gasteiger partial charge is 0.236 e. The molecule has 5 nitrogen and oxygen atoms in total. The maximum absolute atomic E-state index is 12.4. The molecule has 0 radical (unpaired) electrons. The molecule has 1 aliphatic heterocycles. The maximum atomic E-state index is 12.4. The summed E-state index contributed by atoms with van der Waals surface area (Å²) >= 11 is 6.03. The number of hydrogen-bond acceptors (Lipinski definition) is 4. The van der Waals surface area contributed by atoms with E-state index in [0.29, 0.717) is 32.7 Å². The minimum absolute atomic E-state index is 0.0453. The van der Waals surface area contributed by atoms with E-state index in [4.69, 9.17) is 16.7 Å². The lowest BCUT2D eigenvalue weighted by atomic mass is 10.2. The third-order valence-corrected chi connectivity index (χ3v) is 4.20. The molecular formula is C17H24ClN3O2. The number of hydrogen-bond donors (Lipinski definition) is 1. The lowest BCUT2D eigenvalue weighted by Gasteiger charge is -2.37. The summed E-state index contributed by atoms with van der Waals surface area (Å²) in [6.45, 7) is 8.15. The van der Waals surface area contributed by atoms with Crippen LogP contribution in [0.5, 0.6) is 0 Å². The number of rotatable bonds is 7. The Hall–Kier alpha value is -1.56. The van der Waals surface area contributed by atoms with Crippen molar-refractivity contribution in [3.05, 3.63) is 41.9 Å². The molecule has 0 saturated carbocycles. The summed E-state index contributed by atoms with van der Waals surface area (Å²) in [5.41, 5.74) is 1.10. The van der Waals surface area contributed by atoms with Gasteiger partial charge in [0.05, 0.1) is 13.2 Å². The van der Waals surface area contributed by atoms with Crippen LogP contribution in [0.3, 0.4) is 0 Å². The van der Waals surface area contributed by atoms with Crippen molar-refractivity contribution < 1.29 is 9.90 Å². The minimum atomic E-state index is 0.0453. The zero-order valence-corrected chi connectivity index (χ0v) is 14.1. The summed E-state index contributed by atoms with van der Waals surface area (Å²) < 4.78 is 0. The summed E-state index contributed by atoms with van der Waals surface area (Å²) in [7, 11) is 0. The Bertz CT molecular complexity index is 530. The second-order valence-corrected chi connectivity index (χ2v) is 6.03. The van der Waals surface area contributed by atoms with E-state index in [2.05, 4.69) is 11.5 Å². The molecule has 1 N–H and O–H groups in total. The number of benzene rings is 1. The van der Waals surface area contributed by atoms with Gasteiger partial charge in [0.1, 0.15) is 0 Å². The fraction of sp³-hybridized carbons (Fsp3) is 0.471. The van der Waals surface area contributed by atoms with Crippen molar-refractivity contribution in [3.63, 3.8) is 0 Å². The Morgan fingerprint density at radius 1 is 1.35 bits per heavy atom. The van der Waals surface area contributed by atoms with Crippen LogP contribution in [0, 0.1) is 0 Å². The van der Waals surface area contributed by atoms with Crippen molar-refractivity contribution in [2.75, 3.05) is 57.3 Å². The summed E-state index contributed by atoms with van der Waals surface area (Å²) in [5, 5.41) is 9.78. The van der Waals surface area contributed by atoms with Gasteiger partial charge in [-0.3, -0.25) is 9.69 Å². The second-order valence-electron chi connectivity index (χ2n) is 5.60. The number of anilines is 1. The molecule has 126 valence electrons. The maximum Gasteiger partial charge on any atom is 0.236 e. The summed E-state index contributed by atoms with van der Waals surface area (Å²) in [5.74, 6) is 0.103. The van der Waals surface area contributed by atoms with E-state index in [9.17, 15) is 4.79 Å². The minimum Gasteiger partial charge on any atom is -0.395 e. The van der Waals surface area contributed by atoms with E-state index in [1.54, 1.807) is 6.08 Å². The monoisotopic (exact) mass is 337 g/mol. The van der Waals surface area contributed by atoms with Crippen LogP contribution in [0.25, 0.3) is 0 Å². The molecule has 1 aromatic carbocycles. The molecule has 1 aliphatic rings. The van der Waals surface area contributed by atoms with Crippen molar-refractivity contribution >= 4 is 23.2 Å². The third kappa shape index (κ3) is 5.23. The number of piperazine rings is 1. The Kier molecular flexibility index (Phi) is 6.89. The number of aliphatic hydroxyl groups excluding tert-OH is 1. The summed E-state index contributed by atoms with van der Waals surface area (Å²) in [6.07, 6.45) is 1.75. The van der Waals surface area contributed by atoms with Gasteiger partial charge in [-0.25, -0.2) is 0 Å². The molecule has 23 heavy (non-hydrogen) atoms. The fourth-order valence-electron chi connectivity index (χ4n) is 2.74.